The molecule has 0 aliphatic rings. The van der Waals surface area contributed by atoms with Gasteiger partial charge < -0.3 is 10.6 Å². The smallest absolute Gasteiger partial charge is 0.226 e. The molecular weight excluding hydrogens is 288 g/mol. The molecule has 2 aromatic carbocycles. The zero-order valence-corrected chi connectivity index (χ0v) is 11.6. The van der Waals surface area contributed by atoms with Gasteiger partial charge in [0.1, 0.15) is 11.6 Å². The van der Waals surface area contributed by atoms with Gasteiger partial charge in [-0.2, -0.15) is 5.26 Å². The molecule has 2 aromatic rings. The number of halogens is 2. The Hall–Kier alpha value is -2.94. The topological polar surface area (TPSA) is 64.9 Å². The fourth-order valence-electron chi connectivity index (χ4n) is 1.82. The monoisotopic (exact) mass is 301 g/mol. The summed E-state index contributed by atoms with van der Waals surface area (Å²) in [5.41, 5.74) is 1.18. The lowest BCUT2D eigenvalue weighted by molar-refractivity contribution is -0.116. The predicted molar refractivity (Wildman–Crippen MR) is 79.3 cm³/mol. The Kier molecular flexibility index (Phi) is 5.04. The predicted octanol–water partition coefficient (Wildman–Crippen LogP) is 3.28. The summed E-state index contributed by atoms with van der Waals surface area (Å²) < 4.78 is 26.1. The van der Waals surface area contributed by atoms with Crippen molar-refractivity contribution in [3.05, 3.63) is 59.7 Å². The normalized spacial score (nSPS) is 9.86. The standard InChI is InChI=1S/C16H13F2N3O/c17-12-4-5-15(14(18)9-12)21-16(22)6-7-20-13-3-1-2-11(8-13)10-19/h1-5,8-9,20H,6-7H2,(H,21,22). The van der Waals surface area contributed by atoms with E-state index in [1.165, 1.54) is 6.07 Å². The average Bonchev–Trinajstić information content (AvgIpc) is 2.50. The van der Waals surface area contributed by atoms with E-state index in [1.807, 2.05) is 6.07 Å². The maximum Gasteiger partial charge on any atom is 0.226 e. The van der Waals surface area contributed by atoms with Crippen molar-refractivity contribution >= 4 is 17.3 Å². The molecule has 22 heavy (non-hydrogen) atoms. The molecular formula is C16H13F2N3O. The van der Waals surface area contributed by atoms with E-state index in [0.717, 1.165) is 11.8 Å². The van der Waals surface area contributed by atoms with E-state index in [4.69, 9.17) is 5.26 Å². The Morgan fingerprint density at radius 2 is 2.00 bits per heavy atom. The number of hydrogen-bond donors (Lipinski definition) is 2. The molecule has 0 heterocycles. The second-order valence-corrected chi connectivity index (χ2v) is 4.54. The van der Waals surface area contributed by atoms with Crippen LogP contribution in [0.4, 0.5) is 20.2 Å². The van der Waals surface area contributed by atoms with E-state index >= 15 is 0 Å². The Bertz CT molecular complexity index is 726. The molecule has 0 fully saturated rings. The van der Waals surface area contributed by atoms with E-state index in [9.17, 15) is 13.6 Å². The van der Waals surface area contributed by atoms with Crippen LogP contribution in [-0.2, 0) is 4.79 Å². The van der Waals surface area contributed by atoms with Crippen LogP contribution < -0.4 is 10.6 Å². The van der Waals surface area contributed by atoms with Crippen molar-refractivity contribution in [1.82, 2.24) is 0 Å². The number of carbonyl (C=O) groups is 1. The highest BCUT2D eigenvalue weighted by Gasteiger charge is 2.07. The van der Waals surface area contributed by atoms with Crippen LogP contribution in [0, 0.1) is 23.0 Å². The van der Waals surface area contributed by atoms with E-state index in [1.54, 1.807) is 24.3 Å². The molecule has 4 nitrogen and oxygen atoms in total. The minimum Gasteiger partial charge on any atom is -0.384 e. The van der Waals surface area contributed by atoms with Crippen molar-refractivity contribution in [2.24, 2.45) is 0 Å². The SMILES string of the molecule is N#Cc1cccc(NCCC(=O)Nc2ccc(F)cc2F)c1. The van der Waals surface area contributed by atoms with Crippen LogP contribution >= 0.6 is 0 Å². The van der Waals surface area contributed by atoms with E-state index < -0.39 is 17.5 Å². The third-order valence-electron chi connectivity index (χ3n) is 2.88. The first-order chi connectivity index (χ1) is 10.6. The average molecular weight is 301 g/mol. The van der Waals surface area contributed by atoms with Crippen molar-refractivity contribution in [2.45, 2.75) is 6.42 Å². The number of anilines is 2. The van der Waals surface area contributed by atoms with Crippen molar-refractivity contribution in [3.8, 4) is 6.07 Å². The van der Waals surface area contributed by atoms with Gasteiger partial charge in [-0.25, -0.2) is 8.78 Å². The summed E-state index contributed by atoms with van der Waals surface area (Å²) >= 11 is 0. The van der Waals surface area contributed by atoms with Crippen molar-refractivity contribution < 1.29 is 13.6 Å². The first kappa shape index (κ1) is 15.4. The zero-order chi connectivity index (χ0) is 15.9. The lowest BCUT2D eigenvalue weighted by atomic mass is 10.2. The Morgan fingerprint density at radius 3 is 2.73 bits per heavy atom. The molecule has 0 saturated heterocycles. The first-order valence-electron chi connectivity index (χ1n) is 6.57. The van der Waals surface area contributed by atoms with Gasteiger partial charge in [0.25, 0.3) is 0 Å². The van der Waals surface area contributed by atoms with Crippen LogP contribution in [0.5, 0.6) is 0 Å². The maximum absolute atomic E-state index is 13.4. The molecule has 0 bridgehead atoms. The number of nitrogens with zero attached hydrogens (tertiary/aromatic N) is 1. The number of carbonyl (C=O) groups excluding carboxylic acids is 1. The summed E-state index contributed by atoms with van der Waals surface area (Å²) in [6, 6.07) is 11.8. The van der Waals surface area contributed by atoms with Crippen LogP contribution in [0.2, 0.25) is 0 Å². The van der Waals surface area contributed by atoms with Crippen molar-refractivity contribution in [1.29, 1.82) is 5.26 Å². The highest BCUT2D eigenvalue weighted by molar-refractivity contribution is 5.91. The molecule has 0 aromatic heterocycles. The van der Waals surface area contributed by atoms with Gasteiger partial charge >= 0.3 is 0 Å². The quantitative estimate of drug-likeness (QED) is 0.890. The summed E-state index contributed by atoms with van der Waals surface area (Å²) in [5, 5.41) is 14.1. The van der Waals surface area contributed by atoms with Crippen molar-refractivity contribution in [2.75, 3.05) is 17.2 Å². The van der Waals surface area contributed by atoms with Gasteiger partial charge in [-0.15, -0.1) is 0 Å². The molecule has 0 aliphatic heterocycles. The van der Waals surface area contributed by atoms with Gasteiger partial charge in [0.2, 0.25) is 5.91 Å². The largest absolute Gasteiger partial charge is 0.384 e. The fraction of sp³-hybridized carbons (Fsp3) is 0.125. The molecule has 112 valence electrons. The molecule has 0 radical (unpaired) electrons. The third-order valence-corrected chi connectivity index (χ3v) is 2.88. The highest BCUT2D eigenvalue weighted by atomic mass is 19.1. The second-order valence-electron chi connectivity index (χ2n) is 4.54. The third kappa shape index (κ3) is 4.28. The number of hydrogen-bond acceptors (Lipinski definition) is 3. The number of benzene rings is 2. The van der Waals surface area contributed by atoms with Gasteiger partial charge in [0.15, 0.2) is 0 Å². The molecule has 0 unspecified atom stereocenters. The van der Waals surface area contributed by atoms with Gasteiger partial charge in [0.05, 0.1) is 17.3 Å². The van der Waals surface area contributed by atoms with Gasteiger partial charge in [-0.1, -0.05) is 6.07 Å². The van der Waals surface area contributed by atoms with E-state index in [2.05, 4.69) is 10.6 Å². The summed E-state index contributed by atoms with van der Waals surface area (Å²) in [7, 11) is 0. The van der Waals surface area contributed by atoms with E-state index in [0.29, 0.717) is 18.2 Å². The van der Waals surface area contributed by atoms with Crippen LogP contribution in [0.1, 0.15) is 12.0 Å². The molecule has 2 N–H and O–H groups in total. The molecule has 1 amide bonds. The molecule has 0 atom stereocenters. The summed E-state index contributed by atoms with van der Waals surface area (Å²) in [5.74, 6) is -1.91. The summed E-state index contributed by atoms with van der Waals surface area (Å²) in [4.78, 5) is 11.7. The first-order valence-corrected chi connectivity index (χ1v) is 6.57. The molecule has 2 rings (SSSR count). The molecule has 0 saturated carbocycles. The number of nitrogens with one attached hydrogen (secondary N) is 2. The summed E-state index contributed by atoms with van der Waals surface area (Å²) in [6.45, 7) is 0.323. The number of amides is 1. The highest BCUT2D eigenvalue weighted by Crippen LogP contribution is 2.15. The minimum absolute atomic E-state index is 0.0575. The second kappa shape index (κ2) is 7.18. The zero-order valence-electron chi connectivity index (χ0n) is 11.6. The van der Waals surface area contributed by atoms with Crippen LogP contribution in [-0.4, -0.2) is 12.5 Å². The van der Waals surface area contributed by atoms with Gasteiger partial charge in [-0.3, -0.25) is 4.79 Å². The van der Waals surface area contributed by atoms with Gasteiger partial charge in [-0.05, 0) is 30.3 Å². The van der Waals surface area contributed by atoms with Crippen LogP contribution in [0.3, 0.4) is 0 Å². The molecule has 6 heteroatoms. The van der Waals surface area contributed by atoms with Crippen LogP contribution in [0.15, 0.2) is 42.5 Å². The lowest BCUT2D eigenvalue weighted by Crippen LogP contribution is -2.17. The minimum atomic E-state index is -0.817. The fourth-order valence-corrected chi connectivity index (χ4v) is 1.82. The van der Waals surface area contributed by atoms with Crippen LogP contribution in [0.25, 0.3) is 0 Å². The summed E-state index contributed by atoms with van der Waals surface area (Å²) in [6.07, 6.45) is 0.105. The number of nitriles is 1. The Morgan fingerprint density at radius 1 is 1.18 bits per heavy atom. The Balaban J connectivity index is 1.84. The lowest BCUT2D eigenvalue weighted by Gasteiger charge is -2.08. The molecule has 0 spiro atoms. The van der Waals surface area contributed by atoms with Crippen molar-refractivity contribution in [3.63, 3.8) is 0 Å². The Labute approximate surface area is 126 Å². The number of rotatable bonds is 5. The van der Waals surface area contributed by atoms with Gasteiger partial charge in [0, 0.05) is 24.7 Å². The molecule has 0 aliphatic carbocycles. The maximum atomic E-state index is 13.4. The van der Waals surface area contributed by atoms with E-state index in [-0.39, 0.29) is 12.1 Å².